The molecule has 0 radical (unpaired) electrons. The Morgan fingerprint density at radius 1 is 1.03 bits per heavy atom. The average molecular weight is 495 g/mol. The van der Waals surface area contributed by atoms with Crippen LogP contribution in [0.3, 0.4) is 0 Å². The maximum absolute atomic E-state index is 13.6. The number of fused-ring (bicyclic) bond motifs is 2. The molecule has 0 N–H and O–H groups in total. The average Bonchev–Trinajstić information content (AvgIpc) is 3.07. The molecular weight excluding hydrogens is 478 g/mol. The molecule has 6 heteroatoms. The minimum absolute atomic E-state index is 0.0735. The first-order valence-electron chi connectivity index (χ1n) is 9.92. The zero-order valence-electron chi connectivity index (χ0n) is 16.6. The van der Waals surface area contributed by atoms with Gasteiger partial charge in [0, 0.05) is 15.2 Å². The number of rotatable bonds is 3. The number of anilines is 1. The molecular formula is C25H17BrClNO3. The predicted molar refractivity (Wildman–Crippen MR) is 126 cm³/mol. The highest BCUT2D eigenvalue weighted by atomic mass is 79.9. The zero-order valence-corrected chi connectivity index (χ0v) is 18.9. The third-order valence-corrected chi connectivity index (χ3v) is 6.35. The molecule has 0 fully saturated rings. The maximum Gasteiger partial charge on any atom is 0.295 e. The first-order chi connectivity index (χ1) is 15.0. The summed E-state index contributed by atoms with van der Waals surface area (Å²) in [5.41, 5.74) is 3.14. The number of nitrogens with zero attached hydrogens (tertiary/aromatic N) is 1. The zero-order chi connectivity index (χ0) is 21.7. The molecule has 1 aliphatic rings. The molecule has 1 amide bonds. The van der Waals surface area contributed by atoms with Crippen LogP contribution in [0.1, 0.15) is 40.2 Å². The summed E-state index contributed by atoms with van der Waals surface area (Å²) in [6, 6.07) is 19.7. The summed E-state index contributed by atoms with van der Waals surface area (Å²) in [5.74, 6) is -0.268. The van der Waals surface area contributed by atoms with Crippen molar-refractivity contribution in [1.29, 1.82) is 0 Å². The van der Waals surface area contributed by atoms with E-state index in [1.165, 1.54) is 5.56 Å². The lowest BCUT2D eigenvalue weighted by Gasteiger charge is -2.25. The second-order valence-corrected chi connectivity index (χ2v) is 8.82. The Balaban J connectivity index is 1.80. The van der Waals surface area contributed by atoms with Crippen LogP contribution in [-0.2, 0) is 6.42 Å². The lowest BCUT2D eigenvalue weighted by molar-refractivity contribution is 0.0971. The molecule has 1 atom stereocenters. The maximum atomic E-state index is 13.6. The van der Waals surface area contributed by atoms with E-state index in [2.05, 4.69) is 22.9 Å². The Morgan fingerprint density at radius 3 is 2.52 bits per heavy atom. The van der Waals surface area contributed by atoms with Gasteiger partial charge in [-0.1, -0.05) is 64.8 Å². The molecule has 154 valence electrons. The molecule has 1 aromatic heterocycles. The normalized spacial score (nSPS) is 15.5. The van der Waals surface area contributed by atoms with Crippen molar-refractivity contribution in [3.05, 3.63) is 109 Å². The second-order valence-electron chi connectivity index (χ2n) is 7.47. The first kappa shape index (κ1) is 20.0. The van der Waals surface area contributed by atoms with Crippen molar-refractivity contribution in [2.45, 2.75) is 19.4 Å². The molecule has 0 saturated heterocycles. The number of aryl methyl sites for hydroxylation is 1. The summed E-state index contributed by atoms with van der Waals surface area (Å²) < 4.78 is 6.81. The quantitative estimate of drug-likeness (QED) is 0.326. The van der Waals surface area contributed by atoms with Crippen molar-refractivity contribution in [1.82, 2.24) is 0 Å². The topological polar surface area (TPSA) is 50.5 Å². The van der Waals surface area contributed by atoms with E-state index in [-0.39, 0.29) is 17.1 Å². The van der Waals surface area contributed by atoms with Crippen LogP contribution in [0.25, 0.3) is 11.0 Å². The summed E-state index contributed by atoms with van der Waals surface area (Å²) >= 11 is 9.62. The summed E-state index contributed by atoms with van der Waals surface area (Å²) in [5, 5.41) is 0.807. The van der Waals surface area contributed by atoms with Gasteiger partial charge < -0.3 is 4.42 Å². The van der Waals surface area contributed by atoms with Crippen molar-refractivity contribution in [3.63, 3.8) is 0 Å². The predicted octanol–water partition coefficient (Wildman–Crippen LogP) is 6.52. The highest BCUT2D eigenvalue weighted by Crippen LogP contribution is 2.41. The molecule has 31 heavy (non-hydrogen) atoms. The lowest BCUT2D eigenvalue weighted by Crippen LogP contribution is -2.29. The fourth-order valence-corrected chi connectivity index (χ4v) is 4.65. The van der Waals surface area contributed by atoms with Gasteiger partial charge in [0.25, 0.3) is 5.91 Å². The largest absolute Gasteiger partial charge is 0.450 e. The van der Waals surface area contributed by atoms with E-state index in [9.17, 15) is 9.59 Å². The molecule has 2 heterocycles. The smallest absolute Gasteiger partial charge is 0.295 e. The number of carbonyl (C=O) groups excluding carboxylic acids is 1. The minimum atomic E-state index is -0.595. The van der Waals surface area contributed by atoms with Crippen LogP contribution in [0.15, 0.2) is 80.4 Å². The Labute approximate surface area is 192 Å². The van der Waals surface area contributed by atoms with E-state index in [1.54, 1.807) is 23.1 Å². The van der Waals surface area contributed by atoms with Crippen molar-refractivity contribution in [2.75, 3.05) is 4.90 Å². The molecule has 5 rings (SSSR count). The van der Waals surface area contributed by atoms with Crippen LogP contribution in [-0.4, -0.2) is 5.91 Å². The number of amides is 1. The van der Waals surface area contributed by atoms with E-state index in [0.29, 0.717) is 27.2 Å². The van der Waals surface area contributed by atoms with Crippen molar-refractivity contribution in [3.8, 4) is 0 Å². The van der Waals surface area contributed by atoms with Gasteiger partial charge in [0.05, 0.1) is 17.0 Å². The number of hydrogen-bond donors (Lipinski definition) is 0. The van der Waals surface area contributed by atoms with Crippen LogP contribution in [0, 0.1) is 0 Å². The van der Waals surface area contributed by atoms with Crippen LogP contribution in [0.5, 0.6) is 0 Å². The van der Waals surface area contributed by atoms with Gasteiger partial charge in [-0.25, -0.2) is 0 Å². The van der Waals surface area contributed by atoms with Crippen molar-refractivity contribution in [2.24, 2.45) is 0 Å². The molecule has 0 saturated carbocycles. The number of benzene rings is 3. The Morgan fingerprint density at radius 2 is 1.81 bits per heavy atom. The third-order valence-electron chi connectivity index (χ3n) is 5.62. The van der Waals surface area contributed by atoms with E-state index in [4.69, 9.17) is 16.0 Å². The lowest BCUT2D eigenvalue weighted by atomic mass is 9.97. The fourth-order valence-electron chi connectivity index (χ4n) is 4.09. The molecule has 0 bridgehead atoms. The van der Waals surface area contributed by atoms with Crippen LogP contribution in [0.4, 0.5) is 5.69 Å². The minimum Gasteiger partial charge on any atom is -0.450 e. The Bertz CT molecular complexity index is 1390. The van der Waals surface area contributed by atoms with E-state index in [0.717, 1.165) is 16.5 Å². The van der Waals surface area contributed by atoms with Gasteiger partial charge in [0.15, 0.2) is 5.43 Å². The molecule has 1 unspecified atom stereocenters. The monoisotopic (exact) mass is 493 g/mol. The van der Waals surface area contributed by atoms with Crippen molar-refractivity contribution < 1.29 is 9.21 Å². The summed E-state index contributed by atoms with van der Waals surface area (Å²) in [7, 11) is 0. The SMILES string of the molecule is CCc1ccc(C2c3c(oc4ccc(Cl)cc4c3=O)C(=O)N2c2cccc(Br)c2)cc1. The van der Waals surface area contributed by atoms with Crippen LogP contribution >= 0.6 is 27.5 Å². The number of carbonyl (C=O) groups is 1. The number of halogens is 2. The van der Waals surface area contributed by atoms with E-state index >= 15 is 0 Å². The van der Waals surface area contributed by atoms with Crippen molar-refractivity contribution >= 4 is 50.1 Å². The highest BCUT2D eigenvalue weighted by Gasteiger charge is 2.43. The Kier molecular flexibility index (Phi) is 4.95. The van der Waals surface area contributed by atoms with Gasteiger partial charge in [0.1, 0.15) is 5.58 Å². The molecule has 1 aliphatic heterocycles. The van der Waals surface area contributed by atoms with Gasteiger partial charge >= 0.3 is 0 Å². The Hall–Kier alpha value is -2.89. The van der Waals surface area contributed by atoms with Gasteiger partial charge in [-0.05, 0) is 53.9 Å². The standard InChI is InChI=1S/C25H17BrClNO3/c1-2-14-6-8-15(9-7-14)22-21-23(29)19-13-17(27)10-11-20(19)31-24(21)25(30)28(22)18-5-3-4-16(26)12-18/h3-13,22H,2H2,1H3. The van der Waals surface area contributed by atoms with E-state index in [1.807, 2.05) is 48.5 Å². The second kappa shape index (κ2) is 7.66. The molecule has 4 nitrogen and oxygen atoms in total. The van der Waals surface area contributed by atoms with Crippen LogP contribution in [0.2, 0.25) is 5.02 Å². The van der Waals surface area contributed by atoms with Crippen LogP contribution < -0.4 is 10.3 Å². The first-order valence-corrected chi connectivity index (χ1v) is 11.1. The fraction of sp³-hybridized carbons (Fsp3) is 0.120. The van der Waals surface area contributed by atoms with Gasteiger partial charge in [-0.15, -0.1) is 0 Å². The summed E-state index contributed by atoms with van der Waals surface area (Å²) in [6.07, 6.45) is 0.904. The van der Waals surface area contributed by atoms with Gasteiger partial charge in [-0.2, -0.15) is 0 Å². The third kappa shape index (κ3) is 3.29. The molecule has 0 aliphatic carbocycles. The van der Waals surface area contributed by atoms with Gasteiger partial charge in [0.2, 0.25) is 5.76 Å². The highest BCUT2D eigenvalue weighted by molar-refractivity contribution is 9.10. The summed E-state index contributed by atoms with van der Waals surface area (Å²) in [6.45, 7) is 2.09. The molecule has 3 aromatic carbocycles. The van der Waals surface area contributed by atoms with Gasteiger partial charge in [-0.3, -0.25) is 14.5 Å². The molecule has 4 aromatic rings. The van der Waals surface area contributed by atoms with E-state index < -0.39 is 6.04 Å². The number of hydrogen-bond acceptors (Lipinski definition) is 3. The molecule has 0 spiro atoms. The summed E-state index contributed by atoms with van der Waals surface area (Å²) in [4.78, 5) is 28.7.